The minimum atomic E-state index is -0.523. The highest BCUT2D eigenvalue weighted by molar-refractivity contribution is 5.82. The molecule has 0 aromatic heterocycles. The van der Waals surface area contributed by atoms with Gasteiger partial charge in [-0.2, -0.15) is 0 Å². The van der Waals surface area contributed by atoms with Crippen molar-refractivity contribution in [3.63, 3.8) is 0 Å². The number of ether oxygens (including phenoxy) is 1. The molecule has 0 bridgehead atoms. The Morgan fingerprint density at radius 1 is 1.27 bits per heavy atom. The van der Waals surface area contributed by atoms with Crippen LogP contribution in [-0.2, 0) is 11.2 Å². The van der Waals surface area contributed by atoms with Crippen LogP contribution in [0, 0.1) is 5.41 Å². The maximum atomic E-state index is 12.7. The number of aryl methyl sites for hydroxylation is 1. The van der Waals surface area contributed by atoms with E-state index in [-0.39, 0.29) is 11.9 Å². The standard InChI is InChI=1S/C18H28N2O2/c1-4-14-5-7-16(8-6-14)22-13-18(2,3)17(21)20-11-9-15(19)10-12-20/h5-8,15H,4,9-13,19H2,1-3H3. The molecule has 122 valence electrons. The quantitative estimate of drug-likeness (QED) is 0.909. The average molecular weight is 304 g/mol. The van der Waals surface area contributed by atoms with Gasteiger partial charge in [-0.3, -0.25) is 4.79 Å². The largest absolute Gasteiger partial charge is 0.492 e. The molecule has 1 heterocycles. The van der Waals surface area contributed by atoms with Gasteiger partial charge in [-0.05, 0) is 50.8 Å². The SMILES string of the molecule is CCc1ccc(OCC(C)(C)C(=O)N2CCC(N)CC2)cc1. The molecule has 22 heavy (non-hydrogen) atoms. The van der Waals surface area contributed by atoms with Crippen molar-refractivity contribution < 1.29 is 9.53 Å². The van der Waals surface area contributed by atoms with E-state index in [4.69, 9.17) is 10.5 Å². The lowest BCUT2D eigenvalue weighted by molar-refractivity contribution is -0.143. The number of benzene rings is 1. The molecule has 2 N–H and O–H groups in total. The summed E-state index contributed by atoms with van der Waals surface area (Å²) in [4.78, 5) is 14.6. The van der Waals surface area contributed by atoms with Gasteiger partial charge in [0.1, 0.15) is 12.4 Å². The van der Waals surface area contributed by atoms with Gasteiger partial charge in [-0.15, -0.1) is 0 Å². The van der Waals surface area contributed by atoms with Crippen LogP contribution in [0.5, 0.6) is 5.75 Å². The van der Waals surface area contributed by atoms with Crippen molar-refractivity contribution in [2.45, 2.75) is 46.1 Å². The van der Waals surface area contributed by atoms with Gasteiger partial charge in [0.25, 0.3) is 0 Å². The fourth-order valence-electron chi connectivity index (χ4n) is 2.68. The van der Waals surface area contributed by atoms with E-state index >= 15 is 0 Å². The molecule has 0 spiro atoms. The molecular formula is C18H28N2O2. The van der Waals surface area contributed by atoms with Gasteiger partial charge >= 0.3 is 0 Å². The Morgan fingerprint density at radius 3 is 2.41 bits per heavy atom. The molecule has 1 fully saturated rings. The summed E-state index contributed by atoms with van der Waals surface area (Å²) >= 11 is 0. The predicted octanol–water partition coefficient (Wildman–Crippen LogP) is 2.60. The monoisotopic (exact) mass is 304 g/mol. The van der Waals surface area contributed by atoms with Gasteiger partial charge in [0.15, 0.2) is 0 Å². The highest BCUT2D eigenvalue weighted by Crippen LogP contribution is 2.24. The summed E-state index contributed by atoms with van der Waals surface area (Å²) in [5, 5.41) is 0. The fraction of sp³-hybridized carbons (Fsp3) is 0.611. The summed E-state index contributed by atoms with van der Waals surface area (Å²) < 4.78 is 5.83. The molecule has 1 amide bonds. The molecule has 1 saturated heterocycles. The molecule has 4 heteroatoms. The number of amides is 1. The normalized spacial score (nSPS) is 16.6. The maximum Gasteiger partial charge on any atom is 0.231 e. The molecular weight excluding hydrogens is 276 g/mol. The van der Waals surface area contributed by atoms with Crippen molar-refractivity contribution in [2.24, 2.45) is 11.1 Å². The van der Waals surface area contributed by atoms with E-state index < -0.39 is 5.41 Å². The number of hydrogen-bond donors (Lipinski definition) is 1. The molecule has 0 unspecified atom stereocenters. The fourth-order valence-corrected chi connectivity index (χ4v) is 2.68. The summed E-state index contributed by atoms with van der Waals surface area (Å²) in [6, 6.07) is 8.31. The molecule has 0 radical (unpaired) electrons. The Hall–Kier alpha value is -1.55. The first-order valence-corrected chi connectivity index (χ1v) is 8.19. The van der Waals surface area contributed by atoms with E-state index in [0.29, 0.717) is 6.61 Å². The van der Waals surface area contributed by atoms with Crippen molar-refractivity contribution in [1.82, 2.24) is 4.90 Å². The first-order chi connectivity index (χ1) is 10.4. The second kappa shape index (κ2) is 7.14. The highest BCUT2D eigenvalue weighted by atomic mass is 16.5. The third-order valence-electron chi connectivity index (χ3n) is 4.34. The summed E-state index contributed by atoms with van der Waals surface area (Å²) in [6.07, 6.45) is 2.80. The van der Waals surface area contributed by atoms with E-state index in [2.05, 4.69) is 19.1 Å². The zero-order chi connectivity index (χ0) is 16.2. The summed E-state index contributed by atoms with van der Waals surface area (Å²) in [7, 11) is 0. The Balaban J connectivity index is 1.90. The molecule has 1 aromatic rings. The molecule has 4 nitrogen and oxygen atoms in total. The zero-order valence-corrected chi connectivity index (χ0v) is 14.0. The smallest absolute Gasteiger partial charge is 0.231 e. The Labute approximate surface area is 133 Å². The van der Waals surface area contributed by atoms with Gasteiger partial charge < -0.3 is 15.4 Å². The van der Waals surface area contributed by atoms with Crippen LogP contribution in [0.15, 0.2) is 24.3 Å². The predicted molar refractivity (Wildman–Crippen MR) is 88.9 cm³/mol. The Bertz CT molecular complexity index is 488. The van der Waals surface area contributed by atoms with Crippen LogP contribution in [0.25, 0.3) is 0 Å². The number of nitrogens with two attached hydrogens (primary N) is 1. The van der Waals surface area contributed by atoms with Crippen LogP contribution in [-0.4, -0.2) is 36.5 Å². The van der Waals surface area contributed by atoms with Gasteiger partial charge in [0.05, 0.1) is 5.41 Å². The van der Waals surface area contributed by atoms with Crippen LogP contribution in [0.4, 0.5) is 0 Å². The lowest BCUT2D eigenvalue weighted by Gasteiger charge is -2.36. The first kappa shape index (κ1) is 16.8. The molecule has 2 rings (SSSR count). The molecule has 0 atom stereocenters. The Morgan fingerprint density at radius 2 is 1.86 bits per heavy atom. The number of piperidine rings is 1. The molecule has 0 saturated carbocycles. The number of nitrogens with zero attached hydrogens (tertiary/aromatic N) is 1. The topological polar surface area (TPSA) is 55.6 Å². The minimum absolute atomic E-state index is 0.157. The summed E-state index contributed by atoms with van der Waals surface area (Å²) in [5.74, 6) is 0.975. The van der Waals surface area contributed by atoms with Gasteiger partial charge in [-0.25, -0.2) is 0 Å². The van der Waals surface area contributed by atoms with Crippen LogP contribution in [0.2, 0.25) is 0 Å². The van der Waals surface area contributed by atoms with E-state index in [1.165, 1.54) is 5.56 Å². The number of rotatable bonds is 5. The number of carbonyl (C=O) groups excluding carboxylic acids is 1. The zero-order valence-electron chi connectivity index (χ0n) is 14.0. The van der Waals surface area contributed by atoms with Gasteiger partial charge in [-0.1, -0.05) is 19.1 Å². The highest BCUT2D eigenvalue weighted by Gasteiger charge is 2.34. The van der Waals surface area contributed by atoms with Crippen LogP contribution in [0.1, 0.15) is 39.2 Å². The minimum Gasteiger partial charge on any atom is -0.492 e. The third kappa shape index (κ3) is 4.23. The van der Waals surface area contributed by atoms with Crippen molar-refractivity contribution in [3.05, 3.63) is 29.8 Å². The summed E-state index contributed by atoms with van der Waals surface area (Å²) in [5.41, 5.74) is 6.66. The number of hydrogen-bond acceptors (Lipinski definition) is 3. The van der Waals surface area contributed by atoms with E-state index in [1.807, 2.05) is 30.9 Å². The second-order valence-electron chi connectivity index (χ2n) is 6.80. The van der Waals surface area contributed by atoms with Crippen LogP contribution < -0.4 is 10.5 Å². The molecule has 1 aromatic carbocycles. The van der Waals surface area contributed by atoms with E-state index in [0.717, 1.165) is 38.1 Å². The van der Waals surface area contributed by atoms with Crippen molar-refractivity contribution in [3.8, 4) is 5.75 Å². The van der Waals surface area contributed by atoms with Crippen molar-refractivity contribution in [1.29, 1.82) is 0 Å². The van der Waals surface area contributed by atoms with Crippen molar-refractivity contribution in [2.75, 3.05) is 19.7 Å². The van der Waals surface area contributed by atoms with Gasteiger partial charge in [0.2, 0.25) is 5.91 Å². The van der Waals surface area contributed by atoms with Crippen molar-refractivity contribution >= 4 is 5.91 Å². The molecule has 1 aliphatic heterocycles. The third-order valence-corrected chi connectivity index (χ3v) is 4.34. The van der Waals surface area contributed by atoms with Crippen LogP contribution in [0.3, 0.4) is 0 Å². The molecule has 1 aliphatic rings. The lowest BCUT2D eigenvalue weighted by Crippen LogP contribution is -2.49. The first-order valence-electron chi connectivity index (χ1n) is 8.19. The van der Waals surface area contributed by atoms with E-state index in [1.54, 1.807) is 0 Å². The second-order valence-corrected chi connectivity index (χ2v) is 6.80. The number of carbonyl (C=O) groups is 1. The lowest BCUT2D eigenvalue weighted by atomic mass is 9.91. The van der Waals surface area contributed by atoms with Gasteiger partial charge in [0, 0.05) is 19.1 Å². The number of likely N-dealkylation sites (tertiary alicyclic amines) is 1. The molecule has 0 aliphatic carbocycles. The van der Waals surface area contributed by atoms with E-state index in [9.17, 15) is 4.79 Å². The Kier molecular flexibility index (Phi) is 5.46. The maximum absolute atomic E-state index is 12.7. The average Bonchev–Trinajstić information content (AvgIpc) is 2.53. The van der Waals surface area contributed by atoms with Crippen LogP contribution >= 0.6 is 0 Å². The summed E-state index contributed by atoms with van der Waals surface area (Å²) in [6.45, 7) is 7.93.